The van der Waals surface area contributed by atoms with Crippen molar-refractivity contribution >= 4 is 11.7 Å². The van der Waals surface area contributed by atoms with E-state index in [0.29, 0.717) is 25.1 Å². The molecule has 110 valence electrons. The third kappa shape index (κ3) is 2.89. The quantitative estimate of drug-likeness (QED) is 0.920. The van der Waals surface area contributed by atoms with Crippen LogP contribution in [-0.4, -0.2) is 38.9 Å². The third-order valence-corrected chi connectivity index (χ3v) is 3.47. The van der Waals surface area contributed by atoms with Gasteiger partial charge in [0.15, 0.2) is 11.6 Å². The van der Waals surface area contributed by atoms with Gasteiger partial charge in [0.2, 0.25) is 5.91 Å². The van der Waals surface area contributed by atoms with E-state index >= 15 is 0 Å². The highest BCUT2D eigenvalue weighted by Crippen LogP contribution is 2.24. The number of halogens is 1. The Labute approximate surface area is 118 Å². The molecule has 1 fully saturated rings. The summed E-state index contributed by atoms with van der Waals surface area (Å²) < 4.78 is 14.1. The highest BCUT2D eigenvalue weighted by atomic mass is 19.1. The van der Waals surface area contributed by atoms with Crippen LogP contribution in [0.1, 0.15) is 39.8 Å². The molecule has 0 saturated carbocycles. The van der Waals surface area contributed by atoms with E-state index in [9.17, 15) is 9.18 Å². The molecule has 6 heteroatoms. The Bertz CT molecular complexity index is 512. The summed E-state index contributed by atoms with van der Waals surface area (Å²) in [6.45, 7) is 8.39. The summed E-state index contributed by atoms with van der Waals surface area (Å²) in [5.74, 6) is -0.151. The fourth-order valence-corrected chi connectivity index (χ4v) is 2.40. The molecule has 2 rings (SSSR count). The first-order chi connectivity index (χ1) is 9.32. The topological polar surface area (TPSA) is 58.1 Å². The number of likely N-dealkylation sites (tertiary alicyclic amines) is 1. The largest absolute Gasteiger partial charge is 0.362 e. The molecule has 2 heterocycles. The normalized spacial score (nSPS) is 19.6. The standard InChI is InChI=1S/C14H21FN4O/c1-5-10-12(15)13(17-8-16-10)18-9-6-11(20)19(7-9)14(2,3)4/h8-9H,5-7H2,1-4H3,(H,16,17,18). The van der Waals surface area contributed by atoms with Crippen LogP contribution < -0.4 is 5.32 Å². The van der Waals surface area contributed by atoms with E-state index in [4.69, 9.17) is 0 Å². The van der Waals surface area contributed by atoms with Crippen LogP contribution in [0.3, 0.4) is 0 Å². The number of aryl methyl sites for hydroxylation is 1. The first-order valence-electron chi connectivity index (χ1n) is 6.89. The van der Waals surface area contributed by atoms with Gasteiger partial charge in [0.1, 0.15) is 6.33 Å². The number of hydrogen-bond acceptors (Lipinski definition) is 4. The van der Waals surface area contributed by atoms with E-state index in [0.717, 1.165) is 0 Å². The second kappa shape index (κ2) is 5.34. The lowest BCUT2D eigenvalue weighted by Crippen LogP contribution is -2.43. The first kappa shape index (κ1) is 14.7. The summed E-state index contributed by atoms with van der Waals surface area (Å²) in [6, 6.07) is -0.115. The summed E-state index contributed by atoms with van der Waals surface area (Å²) >= 11 is 0. The predicted octanol–water partition coefficient (Wildman–Crippen LogP) is 1.99. The summed E-state index contributed by atoms with van der Waals surface area (Å²) in [6.07, 6.45) is 2.23. The van der Waals surface area contributed by atoms with E-state index in [1.807, 2.05) is 32.6 Å². The Morgan fingerprint density at radius 2 is 2.15 bits per heavy atom. The Morgan fingerprint density at radius 3 is 2.70 bits per heavy atom. The van der Waals surface area contributed by atoms with Gasteiger partial charge in [-0.3, -0.25) is 4.79 Å². The van der Waals surface area contributed by atoms with Crippen LogP contribution in [0.5, 0.6) is 0 Å². The predicted molar refractivity (Wildman–Crippen MR) is 74.9 cm³/mol. The van der Waals surface area contributed by atoms with Crippen molar-refractivity contribution in [2.45, 2.75) is 52.1 Å². The van der Waals surface area contributed by atoms with Crippen LogP contribution in [0, 0.1) is 5.82 Å². The molecule has 1 aliphatic heterocycles. The van der Waals surface area contributed by atoms with Crippen molar-refractivity contribution < 1.29 is 9.18 Å². The van der Waals surface area contributed by atoms with E-state index in [-0.39, 0.29) is 23.3 Å². The van der Waals surface area contributed by atoms with Crippen molar-refractivity contribution in [3.05, 3.63) is 17.8 Å². The number of nitrogens with zero attached hydrogens (tertiary/aromatic N) is 3. The Balaban J connectivity index is 2.11. The number of hydrogen-bond donors (Lipinski definition) is 1. The Morgan fingerprint density at radius 1 is 1.45 bits per heavy atom. The second-order valence-corrected chi connectivity index (χ2v) is 6.06. The molecule has 1 amide bonds. The monoisotopic (exact) mass is 280 g/mol. The van der Waals surface area contributed by atoms with Crippen molar-refractivity contribution in [2.24, 2.45) is 0 Å². The lowest BCUT2D eigenvalue weighted by Gasteiger charge is -2.32. The molecular weight excluding hydrogens is 259 g/mol. The summed E-state index contributed by atoms with van der Waals surface area (Å²) in [4.78, 5) is 21.6. The number of carbonyl (C=O) groups is 1. The molecular formula is C14H21FN4O. The average molecular weight is 280 g/mol. The SMILES string of the molecule is CCc1ncnc(NC2CC(=O)N(C(C)(C)C)C2)c1F. The molecule has 1 atom stereocenters. The summed E-state index contributed by atoms with van der Waals surface area (Å²) in [7, 11) is 0. The molecule has 0 spiro atoms. The summed E-state index contributed by atoms with van der Waals surface area (Å²) in [5.41, 5.74) is 0.172. The highest BCUT2D eigenvalue weighted by molar-refractivity contribution is 5.80. The number of carbonyl (C=O) groups excluding carboxylic acids is 1. The molecule has 1 N–H and O–H groups in total. The number of anilines is 1. The van der Waals surface area contributed by atoms with Crippen LogP contribution >= 0.6 is 0 Å². The van der Waals surface area contributed by atoms with Gasteiger partial charge in [-0.2, -0.15) is 0 Å². The van der Waals surface area contributed by atoms with Crippen molar-refractivity contribution in [1.82, 2.24) is 14.9 Å². The minimum atomic E-state index is -0.420. The van der Waals surface area contributed by atoms with Crippen molar-refractivity contribution in [1.29, 1.82) is 0 Å². The van der Waals surface area contributed by atoms with Gasteiger partial charge in [-0.15, -0.1) is 0 Å². The van der Waals surface area contributed by atoms with Crippen molar-refractivity contribution in [3.8, 4) is 0 Å². The Kier molecular flexibility index (Phi) is 3.92. The fraction of sp³-hybridized carbons (Fsp3) is 0.643. The zero-order chi connectivity index (χ0) is 14.9. The van der Waals surface area contributed by atoms with Gasteiger partial charge in [-0.25, -0.2) is 14.4 Å². The molecule has 1 saturated heterocycles. The van der Waals surface area contributed by atoms with Gasteiger partial charge < -0.3 is 10.2 Å². The van der Waals surface area contributed by atoms with E-state index in [1.165, 1.54) is 6.33 Å². The maximum absolute atomic E-state index is 14.1. The van der Waals surface area contributed by atoms with Gasteiger partial charge in [0.25, 0.3) is 0 Å². The van der Waals surface area contributed by atoms with Crippen LogP contribution in [-0.2, 0) is 11.2 Å². The van der Waals surface area contributed by atoms with Gasteiger partial charge >= 0.3 is 0 Å². The minimum Gasteiger partial charge on any atom is -0.362 e. The zero-order valence-electron chi connectivity index (χ0n) is 12.4. The van der Waals surface area contributed by atoms with E-state index < -0.39 is 5.82 Å². The zero-order valence-corrected chi connectivity index (χ0v) is 12.4. The smallest absolute Gasteiger partial charge is 0.225 e. The van der Waals surface area contributed by atoms with Crippen LogP contribution in [0.15, 0.2) is 6.33 Å². The van der Waals surface area contributed by atoms with E-state index in [2.05, 4.69) is 15.3 Å². The molecule has 0 radical (unpaired) electrons. The number of amides is 1. The molecule has 1 unspecified atom stereocenters. The molecule has 0 aromatic carbocycles. The number of nitrogens with one attached hydrogen (secondary N) is 1. The van der Waals surface area contributed by atoms with Crippen LogP contribution in [0.25, 0.3) is 0 Å². The maximum atomic E-state index is 14.1. The second-order valence-electron chi connectivity index (χ2n) is 6.06. The van der Waals surface area contributed by atoms with Gasteiger partial charge in [0.05, 0.1) is 11.7 Å². The van der Waals surface area contributed by atoms with Crippen molar-refractivity contribution in [3.63, 3.8) is 0 Å². The molecule has 1 aliphatic rings. The number of rotatable bonds is 3. The highest BCUT2D eigenvalue weighted by Gasteiger charge is 2.36. The molecule has 20 heavy (non-hydrogen) atoms. The molecule has 1 aromatic heterocycles. The molecule has 0 aliphatic carbocycles. The van der Waals surface area contributed by atoms with Crippen LogP contribution in [0.2, 0.25) is 0 Å². The van der Waals surface area contributed by atoms with Gasteiger partial charge in [0, 0.05) is 18.5 Å². The lowest BCUT2D eigenvalue weighted by atomic mass is 10.1. The maximum Gasteiger partial charge on any atom is 0.225 e. The Hall–Kier alpha value is -1.72. The molecule has 1 aromatic rings. The average Bonchev–Trinajstić information content (AvgIpc) is 2.73. The fourth-order valence-electron chi connectivity index (χ4n) is 2.40. The van der Waals surface area contributed by atoms with E-state index in [1.54, 1.807) is 0 Å². The summed E-state index contributed by atoms with van der Waals surface area (Å²) in [5, 5.41) is 3.03. The van der Waals surface area contributed by atoms with Crippen LogP contribution in [0.4, 0.5) is 10.2 Å². The lowest BCUT2D eigenvalue weighted by molar-refractivity contribution is -0.131. The molecule has 0 bridgehead atoms. The van der Waals surface area contributed by atoms with Gasteiger partial charge in [-0.05, 0) is 27.2 Å². The molecule has 5 nitrogen and oxygen atoms in total. The first-order valence-corrected chi connectivity index (χ1v) is 6.89. The number of aromatic nitrogens is 2. The van der Waals surface area contributed by atoms with Gasteiger partial charge in [-0.1, -0.05) is 6.92 Å². The van der Waals surface area contributed by atoms with Crippen molar-refractivity contribution in [2.75, 3.05) is 11.9 Å². The third-order valence-electron chi connectivity index (χ3n) is 3.47. The minimum absolute atomic E-state index is 0.0835.